The van der Waals surface area contributed by atoms with Crippen molar-refractivity contribution < 1.29 is 12.8 Å². The summed E-state index contributed by atoms with van der Waals surface area (Å²) in [6.07, 6.45) is 0. The number of halogens is 1. The fraction of sp³-hybridized carbons (Fsp3) is 0.176. The van der Waals surface area contributed by atoms with Crippen molar-refractivity contribution in [3.63, 3.8) is 0 Å². The van der Waals surface area contributed by atoms with Crippen molar-refractivity contribution in [2.45, 2.75) is 18.4 Å². The number of rotatable bonds is 5. The summed E-state index contributed by atoms with van der Waals surface area (Å²) in [4.78, 5) is 27.5. The molecular weight excluding hydrogens is 361 g/mol. The van der Waals surface area contributed by atoms with Gasteiger partial charge >= 0.3 is 11.1 Å². The van der Waals surface area contributed by atoms with E-state index in [9.17, 15) is 22.4 Å². The first-order valence-corrected chi connectivity index (χ1v) is 9.26. The molecule has 0 aliphatic heterocycles. The summed E-state index contributed by atoms with van der Waals surface area (Å²) < 4.78 is 40.4. The van der Waals surface area contributed by atoms with E-state index in [0.717, 1.165) is 0 Å². The molecule has 0 atom stereocenters. The molecule has 2 aromatic carbocycles. The van der Waals surface area contributed by atoms with Crippen LogP contribution in [-0.2, 0) is 16.6 Å². The van der Waals surface area contributed by atoms with Crippen LogP contribution in [0.15, 0.2) is 56.9 Å². The highest BCUT2D eigenvalue weighted by Gasteiger charge is 2.24. The zero-order valence-electron chi connectivity index (χ0n) is 13.8. The highest BCUT2D eigenvalue weighted by Crippen LogP contribution is 2.21. The van der Waals surface area contributed by atoms with Crippen LogP contribution in [0.25, 0.3) is 11.0 Å². The molecule has 0 saturated carbocycles. The van der Waals surface area contributed by atoms with E-state index in [4.69, 9.17) is 0 Å². The summed E-state index contributed by atoms with van der Waals surface area (Å²) in [5.74, 6) is -0.441. The van der Waals surface area contributed by atoms with Gasteiger partial charge in [-0.15, -0.1) is 0 Å². The standard InChI is InChI=1S/C17H16FN3O4S/c1-2-21(10-11-4-3-5-12(18)8-11)26(24,25)13-6-7-14-15(9-13)20-17(23)16(22)19-14/h3-9H,2,10H2,1H3,(H,19,22)(H,20,23). The molecular formula is C17H16FN3O4S. The monoisotopic (exact) mass is 377 g/mol. The van der Waals surface area contributed by atoms with Crippen molar-refractivity contribution in [3.8, 4) is 0 Å². The lowest BCUT2D eigenvalue weighted by Crippen LogP contribution is -2.31. The van der Waals surface area contributed by atoms with Crippen molar-refractivity contribution >= 4 is 21.1 Å². The molecule has 136 valence electrons. The Hall–Kier alpha value is -2.78. The van der Waals surface area contributed by atoms with Crippen LogP contribution >= 0.6 is 0 Å². The summed E-state index contributed by atoms with van der Waals surface area (Å²) in [6.45, 7) is 1.87. The third-order valence-corrected chi connectivity index (χ3v) is 5.85. The third-order valence-electron chi connectivity index (χ3n) is 3.93. The molecule has 3 aromatic rings. The maximum atomic E-state index is 13.4. The SMILES string of the molecule is CCN(Cc1cccc(F)c1)S(=O)(=O)c1ccc2[nH]c(=O)c(=O)[nH]c2c1. The number of hydrogen-bond acceptors (Lipinski definition) is 4. The Labute approximate surface area is 148 Å². The maximum absolute atomic E-state index is 13.4. The first-order chi connectivity index (χ1) is 12.3. The average Bonchev–Trinajstić information content (AvgIpc) is 2.60. The van der Waals surface area contributed by atoms with Gasteiger partial charge in [-0.1, -0.05) is 19.1 Å². The Bertz CT molecular complexity index is 1180. The van der Waals surface area contributed by atoms with Gasteiger partial charge in [0.1, 0.15) is 5.82 Å². The minimum atomic E-state index is -3.88. The summed E-state index contributed by atoms with van der Waals surface area (Å²) >= 11 is 0. The van der Waals surface area contributed by atoms with Crippen LogP contribution in [0.5, 0.6) is 0 Å². The number of aromatic nitrogens is 2. The second-order valence-corrected chi connectivity index (χ2v) is 7.61. The Morgan fingerprint density at radius 1 is 1.00 bits per heavy atom. The minimum absolute atomic E-state index is 0.0107. The number of benzene rings is 2. The first-order valence-electron chi connectivity index (χ1n) is 7.82. The lowest BCUT2D eigenvalue weighted by molar-refractivity contribution is 0.422. The van der Waals surface area contributed by atoms with E-state index in [1.165, 1.54) is 40.7 Å². The summed E-state index contributed by atoms with van der Waals surface area (Å²) in [7, 11) is -3.88. The molecule has 0 spiro atoms. The van der Waals surface area contributed by atoms with E-state index >= 15 is 0 Å². The zero-order chi connectivity index (χ0) is 18.9. The third kappa shape index (κ3) is 3.44. The van der Waals surface area contributed by atoms with Crippen molar-refractivity contribution in [2.24, 2.45) is 0 Å². The fourth-order valence-corrected chi connectivity index (χ4v) is 4.07. The summed E-state index contributed by atoms with van der Waals surface area (Å²) in [5.41, 5.74) is -0.623. The second kappa shape index (κ2) is 6.85. The van der Waals surface area contributed by atoms with E-state index in [-0.39, 0.29) is 23.5 Å². The highest BCUT2D eigenvalue weighted by molar-refractivity contribution is 7.89. The van der Waals surface area contributed by atoms with Gasteiger partial charge in [-0.2, -0.15) is 4.31 Å². The van der Waals surface area contributed by atoms with E-state index in [2.05, 4.69) is 9.97 Å². The van der Waals surface area contributed by atoms with E-state index < -0.39 is 27.0 Å². The lowest BCUT2D eigenvalue weighted by Gasteiger charge is -2.21. The number of hydrogen-bond donors (Lipinski definition) is 2. The van der Waals surface area contributed by atoms with Crippen molar-refractivity contribution in [1.29, 1.82) is 0 Å². The van der Waals surface area contributed by atoms with Gasteiger partial charge in [-0.25, -0.2) is 12.8 Å². The van der Waals surface area contributed by atoms with Gasteiger partial charge < -0.3 is 9.97 Å². The zero-order valence-corrected chi connectivity index (χ0v) is 14.6. The van der Waals surface area contributed by atoms with Crippen molar-refractivity contribution in [2.75, 3.05) is 6.54 Å². The molecule has 26 heavy (non-hydrogen) atoms. The first kappa shape index (κ1) is 18.0. The molecule has 0 aliphatic carbocycles. The smallest absolute Gasteiger partial charge is 0.314 e. The van der Waals surface area contributed by atoms with Crippen LogP contribution in [0, 0.1) is 5.82 Å². The summed E-state index contributed by atoms with van der Waals surface area (Å²) in [6, 6.07) is 9.77. The van der Waals surface area contributed by atoms with E-state index in [1.54, 1.807) is 13.0 Å². The molecule has 0 saturated heterocycles. The van der Waals surface area contributed by atoms with Crippen LogP contribution < -0.4 is 11.1 Å². The Kier molecular flexibility index (Phi) is 4.75. The number of sulfonamides is 1. The van der Waals surface area contributed by atoms with Gasteiger partial charge in [0.05, 0.1) is 15.9 Å². The van der Waals surface area contributed by atoms with Gasteiger partial charge in [0.25, 0.3) is 0 Å². The molecule has 1 aromatic heterocycles. The molecule has 2 N–H and O–H groups in total. The fourth-order valence-electron chi connectivity index (χ4n) is 2.61. The molecule has 1 heterocycles. The van der Waals surface area contributed by atoms with Gasteiger partial charge in [-0.3, -0.25) is 9.59 Å². The van der Waals surface area contributed by atoms with Crippen molar-refractivity contribution in [3.05, 3.63) is 74.6 Å². The topological polar surface area (TPSA) is 103 Å². The maximum Gasteiger partial charge on any atom is 0.314 e. The summed E-state index contributed by atoms with van der Waals surface area (Å²) in [5, 5.41) is 0. The van der Waals surface area contributed by atoms with Crippen LogP contribution in [0.3, 0.4) is 0 Å². The van der Waals surface area contributed by atoms with Crippen LogP contribution in [-0.4, -0.2) is 29.2 Å². The number of fused-ring (bicyclic) bond motifs is 1. The van der Waals surface area contributed by atoms with Crippen LogP contribution in [0.4, 0.5) is 4.39 Å². The second-order valence-electron chi connectivity index (χ2n) is 5.68. The molecule has 0 radical (unpaired) electrons. The molecule has 0 amide bonds. The molecule has 0 aliphatic rings. The predicted octanol–water partition coefficient (Wildman–Crippen LogP) is 1.57. The lowest BCUT2D eigenvalue weighted by atomic mass is 10.2. The normalized spacial score (nSPS) is 12.0. The Morgan fingerprint density at radius 2 is 1.69 bits per heavy atom. The average molecular weight is 377 g/mol. The molecule has 0 unspecified atom stereocenters. The van der Waals surface area contributed by atoms with Gasteiger partial charge in [-0.05, 0) is 35.9 Å². The number of aromatic amines is 2. The van der Waals surface area contributed by atoms with Crippen LogP contribution in [0.1, 0.15) is 12.5 Å². The number of nitrogens with zero attached hydrogens (tertiary/aromatic N) is 1. The van der Waals surface area contributed by atoms with Crippen LogP contribution in [0.2, 0.25) is 0 Å². The Balaban J connectivity index is 2.02. The van der Waals surface area contributed by atoms with Gasteiger partial charge in [0, 0.05) is 13.1 Å². The largest absolute Gasteiger partial charge is 0.316 e. The molecule has 0 fully saturated rings. The van der Waals surface area contributed by atoms with Crippen molar-refractivity contribution in [1.82, 2.24) is 14.3 Å². The van der Waals surface area contributed by atoms with E-state index in [0.29, 0.717) is 11.1 Å². The predicted molar refractivity (Wildman–Crippen MR) is 94.9 cm³/mol. The van der Waals surface area contributed by atoms with Gasteiger partial charge in [0.2, 0.25) is 10.0 Å². The molecule has 3 rings (SSSR count). The minimum Gasteiger partial charge on any atom is -0.316 e. The highest BCUT2D eigenvalue weighted by atomic mass is 32.2. The molecule has 0 bridgehead atoms. The number of nitrogens with one attached hydrogen (secondary N) is 2. The molecule has 7 nitrogen and oxygen atoms in total. The van der Waals surface area contributed by atoms with Gasteiger partial charge in [0.15, 0.2) is 0 Å². The Morgan fingerprint density at radius 3 is 2.35 bits per heavy atom. The molecule has 9 heteroatoms. The number of H-pyrrole nitrogens is 2. The quantitative estimate of drug-likeness (QED) is 0.659. The van der Waals surface area contributed by atoms with E-state index in [1.807, 2.05) is 0 Å².